The van der Waals surface area contributed by atoms with Crippen molar-refractivity contribution < 1.29 is 17.9 Å². The second-order valence-corrected chi connectivity index (χ2v) is 6.75. The molecule has 0 amide bonds. The molecular formula is C18H29F3IN5O. The molecule has 1 aliphatic rings. The van der Waals surface area contributed by atoms with Gasteiger partial charge in [0.1, 0.15) is 5.75 Å². The first kappa shape index (κ1) is 24.8. The van der Waals surface area contributed by atoms with E-state index < -0.39 is 12.8 Å². The molecule has 0 saturated carbocycles. The minimum atomic E-state index is -4.33. The van der Waals surface area contributed by atoms with Gasteiger partial charge < -0.3 is 20.3 Å². The molecule has 1 heterocycles. The second-order valence-electron chi connectivity index (χ2n) is 6.75. The van der Waals surface area contributed by atoms with E-state index in [1.54, 1.807) is 19.2 Å². The van der Waals surface area contributed by atoms with Gasteiger partial charge in [-0.3, -0.25) is 9.89 Å². The first-order chi connectivity index (χ1) is 12.8. The fraction of sp³-hybridized carbons (Fsp3) is 0.611. The van der Waals surface area contributed by atoms with Crippen LogP contribution in [0.3, 0.4) is 0 Å². The molecule has 160 valence electrons. The molecule has 1 saturated heterocycles. The summed E-state index contributed by atoms with van der Waals surface area (Å²) in [5.41, 5.74) is 0.923. The highest BCUT2D eigenvalue weighted by atomic mass is 127. The molecule has 1 aliphatic heterocycles. The maximum Gasteiger partial charge on any atom is 0.422 e. The average molecular weight is 515 g/mol. The largest absolute Gasteiger partial charge is 0.484 e. The molecule has 1 fully saturated rings. The zero-order valence-corrected chi connectivity index (χ0v) is 18.8. The maximum absolute atomic E-state index is 12.2. The zero-order chi connectivity index (χ0) is 19.9. The summed E-state index contributed by atoms with van der Waals surface area (Å²) in [6.45, 7) is 3.12. The molecule has 0 aliphatic carbocycles. The Balaban J connectivity index is 0.00000392. The van der Waals surface area contributed by atoms with E-state index in [0.29, 0.717) is 18.5 Å². The van der Waals surface area contributed by atoms with E-state index in [0.717, 1.165) is 31.7 Å². The minimum Gasteiger partial charge on any atom is -0.484 e. The summed E-state index contributed by atoms with van der Waals surface area (Å²) in [5, 5.41) is 6.54. The van der Waals surface area contributed by atoms with Crippen molar-refractivity contribution in [2.24, 2.45) is 4.99 Å². The molecular weight excluding hydrogens is 486 g/mol. The molecule has 0 aromatic heterocycles. The van der Waals surface area contributed by atoms with Gasteiger partial charge in [0.2, 0.25) is 0 Å². The van der Waals surface area contributed by atoms with Gasteiger partial charge in [0.15, 0.2) is 12.6 Å². The van der Waals surface area contributed by atoms with E-state index in [-0.39, 0.29) is 29.7 Å². The Bertz CT molecular complexity index is 612. The fourth-order valence-electron chi connectivity index (χ4n) is 2.81. The van der Waals surface area contributed by atoms with Crippen LogP contribution in [0.4, 0.5) is 13.2 Å². The zero-order valence-electron chi connectivity index (χ0n) is 16.4. The van der Waals surface area contributed by atoms with Crippen LogP contribution in [0.15, 0.2) is 29.3 Å². The summed E-state index contributed by atoms with van der Waals surface area (Å²) >= 11 is 0. The van der Waals surface area contributed by atoms with E-state index in [1.165, 1.54) is 12.1 Å². The minimum absolute atomic E-state index is 0. The van der Waals surface area contributed by atoms with Crippen LogP contribution in [-0.4, -0.2) is 81.9 Å². The van der Waals surface area contributed by atoms with E-state index in [4.69, 9.17) is 4.74 Å². The van der Waals surface area contributed by atoms with Crippen molar-refractivity contribution >= 4 is 29.9 Å². The van der Waals surface area contributed by atoms with Crippen molar-refractivity contribution in [3.8, 4) is 5.75 Å². The Hall–Kier alpha value is -1.27. The Morgan fingerprint density at radius 2 is 1.86 bits per heavy atom. The van der Waals surface area contributed by atoms with Gasteiger partial charge in [-0.2, -0.15) is 13.2 Å². The lowest BCUT2D eigenvalue weighted by Gasteiger charge is -2.37. The summed E-state index contributed by atoms with van der Waals surface area (Å²) in [5.74, 6) is 0.886. The first-order valence-corrected chi connectivity index (χ1v) is 8.88. The molecule has 10 heteroatoms. The van der Waals surface area contributed by atoms with Gasteiger partial charge in [-0.05, 0) is 31.8 Å². The smallest absolute Gasteiger partial charge is 0.422 e. The summed E-state index contributed by atoms with van der Waals surface area (Å²) < 4.78 is 41.2. The fourth-order valence-corrected chi connectivity index (χ4v) is 2.81. The third kappa shape index (κ3) is 8.82. The molecule has 1 unspecified atom stereocenters. The van der Waals surface area contributed by atoms with Crippen LogP contribution < -0.4 is 15.4 Å². The van der Waals surface area contributed by atoms with Crippen molar-refractivity contribution in [1.82, 2.24) is 20.4 Å². The van der Waals surface area contributed by atoms with Crippen LogP contribution in [0.5, 0.6) is 5.75 Å². The molecule has 6 nitrogen and oxygen atoms in total. The second kappa shape index (κ2) is 11.7. The number of likely N-dealkylation sites (N-methyl/N-ethyl adjacent to an activating group) is 2. The van der Waals surface area contributed by atoms with Crippen LogP contribution in [0.25, 0.3) is 0 Å². The molecule has 0 spiro atoms. The number of alkyl halides is 3. The van der Waals surface area contributed by atoms with Crippen LogP contribution in [-0.2, 0) is 6.54 Å². The lowest BCUT2D eigenvalue weighted by Crippen LogP contribution is -2.55. The van der Waals surface area contributed by atoms with Gasteiger partial charge in [0.05, 0.1) is 0 Å². The van der Waals surface area contributed by atoms with Crippen LogP contribution >= 0.6 is 24.0 Å². The van der Waals surface area contributed by atoms with E-state index in [1.807, 2.05) is 0 Å². The lowest BCUT2D eigenvalue weighted by atomic mass is 10.2. The van der Waals surface area contributed by atoms with Gasteiger partial charge in [-0.15, -0.1) is 24.0 Å². The maximum atomic E-state index is 12.2. The van der Waals surface area contributed by atoms with E-state index in [9.17, 15) is 13.2 Å². The number of rotatable bonds is 6. The van der Waals surface area contributed by atoms with Crippen molar-refractivity contribution in [2.45, 2.75) is 18.8 Å². The Labute approximate surface area is 181 Å². The predicted octanol–water partition coefficient (Wildman–Crippen LogP) is 2.16. The number of halogens is 4. The Morgan fingerprint density at radius 3 is 2.46 bits per heavy atom. The molecule has 2 rings (SSSR count). The lowest BCUT2D eigenvalue weighted by molar-refractivity contribution is -0.153. The number of hydrogen-bond acceptors (Lipinski definition) is 4. The number of aliphatic imine (C=N–C) groups is 1. The predicted molar refractivity (Wildman–Crippen MR) is 116 cm³/mol. The number of nitrogens with one attached hydrogen (secondary N) is 2. The normalized spacial score (nSPS) is 19.1. The van der Waals surface area contributed by atoms with Crippen molar-refractivity contribution in [1.29, 1.82) is 0 Å². The molecule has 0 radical (unpaired) electrons. The van der Waals surface area contributed by atoms with Crippen LogP contribution in [0.1, 0.15) is 5.56 Å². The highest BCUT2D eigenvalue weighted by Gasteiger charge is 2.28. The quantitative estimate of drug-likeness (QED) is 0.346. The number of ether oxygens (including phenoxy) is 1. The van der Waals surface area contributed by atoms with Crippen LogP contribution in [0.2, 0.25) is 0 Å². The number of benzene rings is 1. The van der Waals surface area contributed by atoms with Gasteiger partial charge in [0.25, 0.3) is 0 Å². The number of hydrogen-bond donors (Lipinski definition) is 2. The highest BCUT2D eigenvalue weighted by Crippen LogP contribution is 2.18. The molecule has 0 bridgehead atoms. The summed E-state index contributed by atoms with van der Waals surface area (Å²) in [4.78, 5) is 8.86. The molecule has 2 N–H and O–H groups in total. The number of piperazine rings is 1. The topological polar surface area (TPSA) is 52.1 Å². The first-order valence-electron chi connectivity index (χ1n) is 8.88. The molecule has 1 aromatic carbocycles. The average Bonchev–Trinajstić information content (AvgIpc) is 2.63. The van der Waals surface area contributed by atoms with E-state index in [2.05, 4.69) is 39.5 Å². The van der Waals surface area contributed by atoms with Gasteiger partial charge in [-0.25, -0.2) is 0 Å². The summed E-state index contributed by atoms with van der Waals surface area (Å²) in [7, 11) is 5.95. The van der Waals surface area contributed by atoms with E-state index >= 15 is 0 Å². The Morgan fingerprint density at radius 1 is 1.18 bits per heavy atom. The van der Waals surface area contributed by atoms with Gasteiger partial charge in [-0.1, -0.05) is 12.1 Å². The van der Waals surface area contributed by atoms with Crippen molar-refractivity contribution in [2.75, 3.05) is 53.9 Å². The molecule has 1 aromatic rings. The third-order valence-corrected chi connectivity index (χ3v) is 4.49. The SMILES string of the molecule is CN=C(NCc1ccc(OCC(F)(F)F)cc1)NCC1CN(C)CCN1C.I. The molecule has 1 atom stereocenters. The summed E-state index contributed by atoms with van der Waals surface area (Å²) in [6, 6.07) is 6.94. The number of nitrogens with zero attached hydrogens (tertiary/aromatic N) is 3. The van der Waals surface area contributed by atoms with Gasteiger partial charge in [0, 0.05) is 45.8 Å². The van der Waals surface area contributed by atoms with Gasteiger partial charge >= 0.3 is 6.18 Å². The third-order valence-electron chi connectivity index (χ3n) is 4.49. The van der Waals surface area contributed by atoms with Crippen molar-refractivity contribution in [3.05, 3.63) is 29.8 Å². The standard InChI is InChI=1S/C18H28F3N5O.HI/c1-22-17(24-11-15-12-25(2)8-9-26(15)3)23-10-14-4-6-16(7-5-14)27-13-18(19,20)21;/h4-7,15H,8-13H2,1-3H3,(H2,22,23,24);1H. The van der Waals surface area contributed by atoms with Crippen molar-refractivity contribution in [3.63, 3.8) is 0 Å². The molecule has 28 heavy (non-hydrogen) atoms. The highest BCUT2D eigenvalue weighted by molar-refractivity contribution is 14.0. The monoisotopic (exact) mass is 515 g/mol. The number of guanidine groups is 1. The van der Waals surface area contributed by atoms with Crippen LogP contribution in [0, 0.1) is 0 Å². The summed E-state index contributed by atoms with van der Waals surface area (Å²) in [6.07, 6.45) is -4.33. The Kier molecular flexibility index (Phi) is 10.3.